The summed E-state index contributed by atoms with van der Waals surface area (Å²) in [6.07, 6.45) is 2.15. The van der Waals surface area contributed by atoms with E-state index in [1.807, 2.05) is 0 Å². The quantitative estimate of drug-likeness (QED) is 0.542. The number of phenolic OH excluding ortho intramolecular Hbond substituents is 2. The van der Waals surface area contributed by atoms with Crippen LogP contribution in [0.25, 0.3) is 0 Å². The third-order valence-corrected chi connectivity index (χ3v) is 4.82. The molecule has 2 rings (SSSR count). The molecule has 1 aliphatic rings. The fourth-order valence-corrected chi connectivity index (χ4v) is 3.47. The normalized spacial score (nSPS) is 16.8. The van der Waals surface area contributed by atoms with Crippen molar-refractivity contribution < 1.29 is 29.6 Å². The van der Waals surface area contributed by atoms with Gasteiger partial charge in [0, 0.05) is 44.3 Å². The van der Waals surface area contributed by atoms with Crippen LogP contribution >= 0.6 is 11.8 Å². The van der Waals surface area contributed by atoms with E-state index in [9.17, 15) is 15.0 Å². The number of ether oxygens (including phenoxy) is 2. The average Bonchev–Trinajstić information content (AvgIpc) is 3.05. The summed E-state index contributed by atoms with van der Waals surface area (Å²) in [6, 6.07) is 2.16. The molecular weight excluding hydrogens is 346 g/mol. The Kier molecular flexibility index (Phi) is 7.54. The molecule has 0 aromatic heterocycles. The summed E-state index contributed by atoms with van der Waals surface area (Å²) in [5.74, 6) is -0.727. The maximum Gasteiger partial charge on any atom is 0.329 e. The molecule has 138 valence electrons. The van der Waals surface area contributed by atoms with Crippen LogP contribution in [0.15, 0.2) is 17.1 Å². The molecule has 7 nitrogen and oxygen atoms in total. The van der Waals surface area contributed by atoms with Gasteiger partial charge < -0.3 is 24.8 Å². The lowest BCUT2D eigenvalue weighted by atomic mass is 10.0. The van der Waals surface area contributed by atoms with Crippen LogP contribution in [-0.4, -0.2) is 65.1 Å². The van der Waals surface area contributed by atoms with E-state index in [0.717, 1.165) is 12.8 Å². The van der Waals surface area contributed by atoms with Gasteiger partial charge in [-0.25, -0.2) is 4.79 Å². The zero-order chi connectivity index (χ0) is 18.2. The number of rotatable bonds is 10. The zero-order valence-corrected chi connectivity index (χ0v) is 14.9. The average molecular weight is 369 g/mol. The maximum absolute atomic E-state index is 11.0. The van der Waals surface area contributed by atoms with Crippen molar-refractivity contribution in [2.75, 3.05) is 32.7 Å². The summed E-state index contributed by atoms with van der Waals surface area (Å²) >= 11 is 1.29. The molecule has 1 aromatic carbocycles. The van der Waals surface area contributed by atoms with Gasteiger partial charge in [-0.15, -0.1) is 11.8 Å². The highest BCUT2D eigenvalue weighted by atomic mass is 32.2. The molecule has 0 amide bonds. The number of phenols is 2. The van der Waals surface area contributed by atoms with Crippen molar-refractivity contribution in [2.24, 2.45) is 4.99 Å². The first-order valence-electron chi connectivity index (χ1n) is 8.08. The van der Waals surface area contributed by atoms with Gasteiger partial charge in [-0.2, -0.15) is 0 Å². The van der Waals surface area contributed by atoms with Gasteiger partial charge in [-0.1, -0.05) is 0 Å². The first-order valence-corrected chi connectivity index (χ1v) is 9.06. The molecule has 0 saturated carbocycles. The molecule has 0 aliphatic carbocycles. The van der Waals surface area contributed by atoms with Crippen molar-refractivity contribution >= 4 is 22.8 Å². The monoisotopic (exact) mass is 369 g/mol. The zero-order valence-electron chi connectivity index (χ0n) is 14.1. The molecule has 1 heterocycles. The van der Waals surface area contributed by atoms with E-state index >= 15 is 0 Å². The number of hydrogen-bond acceptors (Lipinski definition) is 7. The summed E-state index contributed by atoms with van der Waals surface area (Å²) in [5, 5.41) is 29.6. The molecule has 0 unspecified atom stereocenters. The maximum atomic E-state index is 11.0. The smallest absolute Gasteiger partial charge is 0.329 e. The SMILES string of the molecule is COCCCOCCCc1cc(C2=N[C@@H](C(=O)O)CS2)c(O)cc1O. The Bertz CT molecular complexity index is 634. The van der Waals surface area contributed by atoms with E-state index in [-0.39, 0.29) is 11.5 Å². The Morgan fingerprint density at radius 3 is 2.68 bits per heavy atom. The second-order valence-electron chi connectivity index (χ2n) is 5.66. The van der Waals surface area contributed by atoms with Crippen LogP contribution in [0.5, 0.6) is 11.5 Å². The summed E-state index contributed by atoms with van der Waals surface area (Å²) in [5.41, 5.74) is 1.14. The first-order chi connectivity index (χ1) is 12.0. The Hall–Kier alpha value is -1.77. The minimum Gasteiger partial charge on any atom is -0.508 e. The lowest BCUT2D eigenvalue weighted by molar-refractivity contribution is -0.137. The van der Waals surface area contributed by atoms with Crippen molar-refractivity contribution in [3.63, 3.8) is 0 Å². The number of thioether (sulfide) groups is 1. The number of methoxy groups -OCH3 is 1. The summed E-state index contributed by atoms with van der Waals surface area (Å²) < 4.78 is 10.4. The first kappa shape index (κ1) is 19.6. The van der Waals surface area contributed by atoms with Crippen molar-refractivity contribution in [1.29, 1.82) is 0 Å². The highest BCUT2D eigenvalue weighted by Crippen LogP contribution is 2.34. The van der Waals surface area contributed by atoms with E-state index in [0.29, 0.717) is 48.2 Å². The molecule has 0 bridgehead atoms. The summed E-state index contributed by atoms with van der Waals surface area (Å²) in [4.78, 5) is 15.1. The van der Waals surface area contributed by atoms with Gasteiger partial charge in [0.1, 0.15) is 16.5 Å². The summed E-state index contributed by atoms with van der Waals surface area (Å²) in [6.45, 7) is 1.86. The van der Waals surface area contributed by atoms with Gasteiger partial charge in [-0.05, 0) is 30.9 Å². The van der Waals surface area contributed by atoms with Crippen molar-refractivity contribution in [2.45, 2.75) is 25.3 Å². The lowest BCUT2D eigenvalue weighted by Gasteiger charge is -2.10. The van der Waals surface area contributed by atoms with Crippen LogP contribution in [-0.2, 0) is 20.7 Å². The molecule has 1 atom stereocenters. The summed E-state index contributed by atoms with van der Waals surface area (Å²) in [7, 11) is 1.65. The minimum atomic E-state index is -0.980. The molecule has 1 aliphatic heterocycles. The number of aliphatic carboxylic acids is 1. The van der Waals surface area contributed by atoms with E-state index in [1.165, 1.54) is 17.8 Å². The van der Waals surface area contributed by atoms with Gasteiger partial charge in [0.05, 0.1) is 0 Å². The second kappa shape index (κ2) is 9.65. The van der Waals surface area contributed by atoms with Gasteiger partial charge in [0.25, 0.3) is 0 Å². The molecule has 0 fully saturated rings. The number of carboxylic acid groups (broad SMARTS) is 1. The van der Waals surface area contributed by atoms with E-state index in [2.05, 4.69) is 4.99 Å². The van der Waals surface area contributed by atoms with Crippen molar-refractivity contribution in [1.82, 2.24) is 0 Å². The van der Waals surface area contributed by atoms with Crippen molar-refractivity contribution in [3.05, 3.63) is 23.3 Å². The Labute approximate surface area is 150 Å². The fraction of sp³-hybridized carbons (Fsp3) is 0.529. The van der Waals surface area contributed by atoms with Gasteiger partial charge >= 0.3 is 5.97 Å². The van der Waals surface area contributed by atoms with Crippen LogP contribution in [0.4, 0.5) is 0 Å². The molecule has 3 N–H and O–H groups in total. The van der Waals surface area contributed by atoms with Crippen LogP contribution in [0.3, 0.4) is 0 Å². The van der Waals surface area contributed by atoms with Gasteiger partial charge in [0.15, 0.2) is 6.04 Å². The van der Waals surface area contributed by atoms with Crippen LogP contribution in [0.2, 0.25) is 0 Å². The largest absolute Gasteiger partial charge is 0.508 e. The molecule has 25 heavy (non-hydrogen) atoms. The number of benzene rings is 1. The number of aryl methyl sites for hydroxylation is 1. The van der Waals surface area contributed by atoms with Crippen molar-refractivity contribution in [3.8, 4) is 11.5 Å². The number of nitrogens with zero attached hydrogens (tertiary/aromatic N) is 1. The highest BCUT2D eigenvalue weighted by molar-refractivity contribution is 8.14. The number of aliphatic imine (C=N–C) groups is 1. The highest BCUT2D eigenvalue weighted by Gasteiger charge is 2.27. The van der Waals surface area contributed by atoms with E-state index in [4.69, 9.17) is 14.6 Å². The van der Waals surface area contributed by atoms with E-state index < -0.39 is 12.0 Å². The predicted octanol–water partition coefficient (Wildman–Crippen LogP) is 2.03. The number of carboxylic acids is 1. The Morgan fingerprint density at radius 2 is 2.00 bits per heavy atom. The Balaban J connectivity index is 1.96. The molecule has 8 heteroatoms. The van der Waals surface area contributed by atoms with Gasteiger partial charge in [0.2, 0.25) is 0 Å². The number of hydrogen-bond donors (Lipinski definition) is 3. The van der Waals surface area contributed by atoms with E-state index in [1.54, 1.807) is 13.2 Å². The van der Waals surface area contributed by atoms with Gasteiger partial charge in [-0.3, -0.25) is 4.99 Å². The third-order valence-electron chi connectivity index (χ3n) is 3.74. The predicted molar refractivity (Wildman–Crippen MR) is 95.8 cm³/mol. The third kappa shape index (κ3) is 5.62. The fourth-order valence-electron chi connectivity index (χ4n) is 2.41. The molecular formula is C17H23NO6S. The molecule has 1 aromatic rings. The lowest BCUT2D eigenvalue weighted by Crippen LogP contribution is -2.17. The van der Waals surface area contributed by atoms with Crippen LogP contribution in [0, 0.1) is 0 Å². The number of carbonyl (C=O) groups is 1. The van der Waals surface area contributed by atoms with Crippen LogP contribution in [0.1, 0.15) is 24.0 Å². The molecule has 0 radical (unpaired) electrons. The Morgan fingerprint density at radius 1 is 1.24 bits per heavy atom. The second-order valence-corrected chi connectivity index (χ2v) is 6.67. The minimum absolute atomic E-state index is 0.0130. The molecule has 0 spiro atoms. The molecule has 0 saturated heterocycles. The topological polar surface area (TPSA) is 109 Å². The number of aromatic hydroxyl groups is 2. The standard InChI is InChI=1S/C17H23NO6S/c1-23-5-3-7-24-6-2-4-11-8-12(15(20)9-14(11)19)16-18-13(10-25-16)17(21)22/h8-9,13,19-20H,2-7,10H2,1H3,(H,21,22)/t13-/m1/s1. The van der Waals surface area contributed by atoms with Crippen LogP contribution < -0.4 is 0 Å².